The number of halogens is 1. The summed E-state index contributed by atoms with van der Waals surface area (Å²) in [5, 5.41) is 1.60. The minimum atomic E-state index is -4.19. The van der Waals surface area contributed by atoms with E-state index in [2.05, 4.69) is 0 Å². The molecule has 7 heteroatoms. The molecule has 27 heavy (non-hydrogen) atoms. The number of hydrogen-bond acceptors (Lipinski definition) is 4. The summed E-state index contributed by atoms with van der Waals surface area (Å²) in [6.07, 6.45) is 0. The first kappa shape index (κ1) is 18.8. The average Bonchev–Trinajstić information content (AvgIpc) is 2.66. The fourth-order valence-electron chi connectivity index (χ4n) is 2.73. The molecule has 0 aliphatic rings. The molecule has 0 aromatic heterocycles. The Morgan fingerprint density at radius 1 is 1.00 bits per heavy atom. The highest BCUT2D eigenvalue weighted by molar-refractivity contribution is 7.92. The van der Waals surface area contributed by atoms with Crippen LogP contribution >= 0.6 is 0 Å². The van der Waals surface area contributed by atoms with Gasteiger partial charge in [0.1, 0.15) is 12.4 Å². The van der Waals surface area contributed by atoms with E-state index in [9.17, 15) is 17.6 Å². The molecule has 0 fully saturated rings. The first-order chi connectivity index (χ1) is 12.9. The number of rotatable bonds is 6. The Morgan fingerprint density at radius 3 is 2.37 bits per heavy atom. The van der Waals surface area contributed by atoms with Crippen LogP contribution < -0.4 is 4.31 Å². The minimum absolute atomic E-state index is 0.0336. The molecule has 0 spiro atoms. The summed E-state index contributed by atoms with van der Waals surface area (Å²) in [5.41, 5.74) is -0.210. The third-order valence-electron chi connectivity index (χ3n) is 4.01. The zero-order valence-corrected chi connectivity index (χ0v) is 15.4. The summed E-state index contributed by atoms with van der Waals surface area (Å²) >= 11 is 0. The van der Waals surface area contributed by atoms with Crippen molar-refractivity contribution < 1.29 is 22.3 Å². The molecule has 3 aromatic carbocycles. The Morgan fingerprint density at radius 2 is 1.67 bits per heavy atom. The van der Waals surface area contributed by atoms with Crippen molar-refractivity contribution in [1.82, 2.24) is 0 Å². The molecule has 0 amide bonds. The molecule has 0 bridgehead atoms. The van der Waals surface area contributed by atoms with Crippen LogP contribution in [0, 0.1) is 5.82 Å². The van der Waals surface area contributed by atoms with Crippen LogP contribution in [0.4, 0.5) is 10.1 Å². The fraction of sp³-hybridized carbons (Fsp3) is 0.150. The van der Waals surface area contributed by atoms with Gasteiger partial charge in [-0.25, -0.2) is 12.8 Å². The number of sulfonamides is 1. The van der Waals surface area contributed by atoms with E-state index >= 15 is 0 Å². The first-order valence-corrected chi connectivity index (χ1v) is 9.79. The Bertz CT molecular complexity index is 1080. The molecule has 0 saturated carbocycles. The van der Waals surface area contributed by atoms with E-state index < -0.39 is 28.4 Å². The monoisotopic (exact) mass is 387 g/mol. The van der Waals surface area contributed by atoms with Crippen molar-refractivity contribution in [2.75, 3.05) is 17.5 Å². The molecule has 0 aliphatic heterocycles. The topological polar surface area (TPSA) is 63.7 Å². The number of fused-ring (bicyclic) bond motifs is 1. The third kappa shape index (κ3) is 3.93. The number of para-hydroxylation sites is 1. The second kappa shape index (κ2) is 7.75. The number of esters is 1. The predicted octanol–water partition coefficient (Wildman–Crippen LogP) is 3.74. The predicted molar refractivity (Wildman–Crippen MR) is 102 cm³/mol. The maximum Gasteiger partial charge on any atom is 0.326 e. The number of benzene rings is 3. The molecule has 0 saturated heterocycles. The van der Waals surface area contributed by atoms with Crippen molar-refractivity contribution in [3.8, 4) is 0 Å². The Hall–Kier alpha value is -2.93. The Kier molecular flexibility index (Phi) is 5.41. The molecule has 3 rings (SSSR count). The quantitative estimate of drug-likeness (QED) is 0.605. The van der Waals surface area contributed by atoms with Gasteiger partial charge in [0, 0.05) is 0 Å². The summed E-state index contributed by atoms with van der Waals surface area (Å²) in [5.74, 6) is -1.50. The van der Waals surface area contributed by atoms with Crippen LogP contribution in [0.15, 0.2) is 71.6 Å². The summed E-state index contributed by atoms with van der Waals surface area (Å²) in [6, 6.07) is 17.3. The maximum absolute atomic E-state index is 14.3. The standard InChI is InChI=1S/C20H18FNO4S/c1-2-26-20(23)14-22(19-10-6-5-9-18(19)21)27(24,25)17-12-11-15-7-3-4-8-16(15)13-17/h3-13H,2,14H2,1H3. The molecule has 0 N–H and O–H groups in total. The fourth-order valence-corrected chi connectivity index (χ4v) is 4.19. The molecular formula is C20H18FNO4S. The van der Waals surface area contributed by atoms with Crippen LogP contribution in [-0.2, 0) is 19.6 Å². The number of carbonyl (C=O) groups is 1. The molecule has 140 valence electrons. The van der Waals surface area contributed by atoms with Crippen molar-refractivity contribution in [3.63, 3.8) is 0 Å². The van der Waals surface area contributed by atoms with Crippen LogP contribution in [-0.4, -0.2) is 27.5 Å². The first-order valence-electron chi connectivity index (χ1n) is 8.35. The second-order valence-electron chi connectivity index (χ2n) is 5.78. The smallest absolute Gasteiger partial charge is 0.326 e. The third-order valence-corrected chi connectivity index (χ3v) is 5.76. The van der Waals surface area contributed by atoms with E-state index in [0.717, 1.165) is 21.1 Å². The van der Waals surface area contributed by atoms with Gasteiger partial charge in [0.2, 0.25) is 0 Å². The molecule has 0 aliphatic carbocycles. The van der Waals surface area contributed by atoms with Crippen LogP contribution in [0.5, 0.6) is 0 Å². The van der Waals surface area contributed by atoms with Gasteiger partial charge in [-0.05, 0) is 42.0 Å². The molecular weight excluding hydrogens is 369 g/mol. The lowest BCUT2D eigenvalue weighted by atomic mass is 10.1. The van der Waals surface area contributed by atoms with E-state index in [1.807, 2.05) is 12.1 Å². The van der Waals surface area contributed by atoms with E-state index in [0.29, 0.717) is 0 Å². The molecule has 3 aromatic rings. The van der Waals surface area contributed by atoms with Gasteiger partial charge in [0.15, 0.2) is 0 Å². The molecule has 0 unspecified atom stereocenters. The number of carbonyl (C=O) groups excluding carboxylic acids is 1. The lowest BCUT2D eigenvalue weighted by Gasteiger charge is -2.24. The van der Waals surface area contributed by atoms with Crippen LogP contribution in [0.25, 0.3) is 10.8 Å². The van der Waals surface area contributed by atoms with E-state index in [1.54, 1.807) is 25.1 Å². The largest absolute Gasteiger partial charge is 0.465 e. The van der Waals surface area contributed by atoms with Crippen molar-refractivity contribution in [2.24, 2.45) is 0 Å². The highest BCUT2D eigenvalue weighted by Gasteiger charge is 2.29. The van der Waals surface area contributed by atoms with Gasteiger partial charge in [-0.2, -0.15) is 0 Å². The average molecular weight is 387 g/mol. The number of ether oxygens (including phenoxy) is 1. The highest BCUT2D eigenvalue weighted by atomic mass is 32.2. The number of nitrogens with zero attached hydrogens (tertiary/aromatic N) is 1. The number of anilines is 1. The van der Waals surface area contributed by atoms with Crippen molar-refractivity contribution in [3.05, 3.63) is 72.5 Å². The zero-order chi connectivity index (χ0) is 19.4. The van der Waals surface area contributed by atoms with Gasteiger partial charge in [-0.1, -0.05) is 42.5 Å². The summed E-state index contributed by atoms with van der Waals surface area (Å²) in [7, 11) is -4.19. The Labute approximate surface area is 157 Å². The van der Waals surface area contributed by atoms with E-state index in [-0.39, 0.29) is 17.2 Å². The summed E-state index contributed by atoms with van der Waals surface area (Å²) in [6.45, 7) is 1.09. The molecule has 0 radical (unpaired) electrons. The van der Waals surface area contributed by atoms with Crippen LogP contribution in [0.2, 0.25) is 0 Å². The number of hydrogen-bond donors (Lipinski definition) is 0. The summed E-state index contributed by atoms with van der Waals surface area (Å²) in [4.78, 5) is 11.9. The van der Waals surface area contributed by atoms with Gasteiger partial charge >= 0.3 is 5.97 Å². The van der Waals surface area contributed by atoms with Crippen molar-refractivity contribution in [1.29, 1.82) is 0 Å². The lowest BCUT2D eigenvalue weighted by Crippen LogP contribution is -2.37. The van der Waals surface area contributed by atoms with Crippen molar-refractivity contribution in [2.45, 2.75) is 11.8 Å². The van der Waals surface area contributed by atoms with E-state index in [4.69, 9.17) is 4.74 Å². The molecule has 5 nitrogen and oxygen atoms in total. The van der Waals surface area contributed by atoms with Gasteiger partial charge in [0.05, 0.1) is 17.2 Å². The molecule has 0 heterocycles. The Balaban J connectivity index is 2.10. The van der Waals surface area contributed by atoms with E-state index in [1.165, 1.54) is 30.3 Å². The SMILES string of the molecule is CCOC(=O)CN(c1ccccc1F)S(=O)(=O)c1ccc2ccccc2c1. The second-order valence-corrected chi connectivity index (χ2v) is 7.64. The zero-order valence-electron chi connectivity index (χ0n) is 14.6. The lowest BCUT2D eigenvalue weighted by molar-refractivity contribution is -0.141. The maximum atomic E-state index is 14.3. The van der Waals surface area contributed by atoms with Crippen molar-refractivity contribution >= 4 is 32.5 Å². The van der Waals surface area contributed by atoms with Gasteiger partial charge in [0.25, 0.3) is 10.0 Å². The van der Waals surface area contributed by atoms with Crippen LogP contribution in [0.3, 0.4) is 0 Å². The van der Waals surface area contributed by atoms with Gasteiger partial charge in [-0.15, -0.1) is 0 Å². The molecule has 0 atom stereocenters. The minimum Gasteiger partial charge on any atom is -0.465 e. The summed E-state index contributed by atoms with van der Waals surface area (Å²) < 4.78 is 46.4. The highest BCUT2D eigenvalue weighted by Crippen LogP contribution is 2.28. The van der Waals surface area contributed by atoms with Gasteiger partial charge in [-0.3, -0.25) is 9.10 Å². The van der Waals surface area contributed by atoms with Gasteiger partial charge < -0.3 is 4.74 Å². The normalized spacial score (nSPS) is 11.3. The van der Waals surface area contributed by atoms with Crippen LogP contribution in [0.1, 0.15) is 6.92 Å².